The van der Waals surface area contributed by atoms with Crippen molar-refractivity contribution in [1.29, 1.82) is 0 Å². The molecule has 0 amide bonds. The van der Waals surface area contributed by atoms with Crippen LogP contribution >= 0.6 is 0 Å². The molecule has 0 aliphatic carbocycles. The van der Waals surface area contributed by atoms with Crippen molar-refractivity contribution in [3.05, 3.63) is 71.8 Å². The Kier molecular flexibility index (Phi) is 3.93. The lowest BCUT2D eigenvalue weighted by molar-refractivity contribution is 0.325. The molecule has 1 saturated heterocycles. The van der Waals surface area contributed by atoms with Crippen LogP contribution in [0, 0.1) is 5.82 Å². The van der Waals surface area contributed by atoms with E-state index in [0.717, 1.165) is 22.3 Å². The molecule has 2 aliphatic heterocycles. The monoisotopic (exact) mass is 397 g/mol. The van der Waals surface area contributed by atoms with E-state index in [1.165, 1.54) is 12.1 Å². The second-order valence-electron chi connectivity index (χ2n) is 7.67. The molecular formula is C21H20FN3O2S. The molecule has 2 aliphatic rings. The molecule has 0 radical (unpaired) electrons. The normalized spacial score (nSPS) is 22.9. The number of nitrogens with zero attached hydrogens (tertiary/aromatic N) is 3. The second kappa shape index (κ2) is 6.25. The van der Waals surface area contributed by atoms with E-state index in [1.807, 2.05) is 25.4 Å². The first-order valence-corrected chi connectivity index (χ1v) is 10.8. The predicted molar refractivity (Wildman–Crippen MR) is 104 cm³/mol. The van der Waals surface area contributed by atoms with Gasteiger partial charge in [0.05, 0.1) is 16.3 Å². The molecular weight excluding hydrogens is 377 g/mol. The Morgan fingerprint density at radius 3 is 2.61 bits per heavy atom. The molecule has 0 saturated carbocycles. The summed E-state index contributed by atoms with van der Waals surface area (Å²) in [6, 6.07) is 12.0. The predicted octanol–water partition coefficient (Wildman–Crippen LogP) is 2.98. The minimum Gasteiger partial charge on any atom is -0.297 e. The van der Waals surface area contributed by atoms with Gasteiger partial charge in [-0.25, -0.2) is 12.8 Å². The first-order valence-electron chi connectivity index (χ1n) is 9.25. The van der Waals surface area contributed by atoms with Gasteiger partial charge in [0.1, 0.15) is 5.82 Å². The zero-order chi connectivity index (χ0) is 19.5. The molecule has 0 unspecified atom stereocenters. The van der Waals surface area contributed by atoms with Crippen LogP contribution in [0.15, 0.2) is 59.8 Å². The van der Waals surface area contributed by atoms with Gasteiger partial charge in [0.2, 0.25) is 0 Å². The van der Waals surface area contributed by atoms with Gasteiger partial charge in [0, 0.05) is 44.4 Å². The number of sulfone groups is 1. The molecule has 28 heavy (non-hydrogen) atoms. The van der Waals surface area contributed by atoms with Crippen molar-refractivity contribution in [3.63, 3.8) is 0 Å². The lowest BCUT2D eigenvalue weighted by Crippen LogP contribution is -2.25. The van der Waals surface area contributed by atoms with Gasteiger partial charge < -0.3 is 0 Å². The van der Waals surface area contributed by atoms with Crippen molar-refractivity contribution in [2.24, 2.45) is 7.05 Å². The average Bonchev–Trinajstić information content (AvgIpc) is 3.34. The minimum absolute atomic E-state index is 0.0305. The molecule has 0 bridgehead atoms. The molecule has 1 aromatic heterocycles. The van der Waals surface area contributed by atoms with Crippen molar-refractivity contribution in [2.75, 3.05) is 13.1 Å². The molecule has 5 rings (SSSR count). The Morgan fingerprint density at radius 2 is 1.89 bits per heavy atom. The topological polar surface area (TPSA) is 55.2 Å². The zero-order valence-electron chi connectivity index (χ0n) is 15.4. The quantitative estimate of drug-likeness (QED) is 0.682. The number of rotatable bonds is 3. The van der Waals surface area contributed by atoms with Gasteiger partial charge in [-0.2, -0.15) is 5.10 Å². The van der Waals surface area contributed by atoms with Crippen molar-refractivity contribution in [1.82, 2.24) is 14.7 Å². The van der Waals surface area contributed by atoms with E-state index in [-0.39, 0.29) is 11.7 Å². The van der Waals surface area contributed by atoms with Crippen molar-refractivity contribution >= 4 is 9.84 Å². The van der Waals surface area contributed by atoms with Gasteiger partial charge in [-0.3, -0.25) is 9.58 Å². The fraction of sp³-hybridized carbons (Fsp3) is 0.286. The summed E-state index contributed by atoms with van der Waals surface area (Å²) in [5.74, 6) is -0.293. The molecule has 2 aromatic carbocycles. The van der Waals surface area contributed by atoms with E-state index in [0.29, 0.717) is 24.5 Å². The van der Waals surface area contributed by atoms with E-state index in [4.69, 9.17) is 0 Å². The highest BCUT2D eigenvalue weighted by atomic mass is 32.2. The number of likely N-dealkylation sites (tertiary alicyclic amines) is 1. The first-order chi connectivity index (χ1) is 13.4. The van der Waals surface area contributed by atoms with E-state index < -0.39 is 15.1 Å². The van der Waals surface area contributed by atoms with Crippen LogP contribution in [0.5, 0.6) is 0 Å². The molecule has 0 N–H and O–H groups in total. The van der Waals surface area contributed by atoms with Crippen molar-refractivity contribution < 1.29 is 12.8 Å². The largest absolute Gasteiger partial charge is 0.297 e. The molecule has 3 heterocycles. The lowest BCUT2D eigenvalue weighted by Gasteiger charge is -2.17. The number of hydrogen-bond donors (Lipinski definition) is 0. The number of benzene rings is 2. The van der Waals surface area contributed by atoms with E-state index in [9.17, 15) is 12.8 Å². The summed E-state index contributed by atoms with van der Waals surface area (Å²) < 4.78 is 41.0. The summed E-state index contributed by atoms with van der Waals surface area (Å²) in [6.07, 6.45) is 3.72. The van der Waals surface area contributed by atoms with Crippen molar-refractivity contribution in [3.8, 4) is 11.1 Å². The molecule has 2 atom stereocenters. The Balaban J connectivity index is 1.46. The summed E-state index contributed by atoms with van der Waals surface area (Å²) in [5, 5.41) is 3.80. The third-order valence-electron chi connectivity index (χ3n) is 5.81. The smallest absolute Gasteiger partial charge is 0.183 e. The molecule has 5 nitrogen and oxygen atoms in total. The number of fused-ring (bicyclic) bond motifs is 3. The maximum Gasteiger partial charge on any atom is 0.183 e. The average molecular weight is 397 g/mol. The number of hydrogen-bond acceptors (Lipinski definition) is 4. The SMILES string of the molecule is Cn1cc(-c2ccc3c(c2)[C@H]2CN(Cc4ccc(F)cc4)C[C@@H]2S3(=O)=O)cn1. The van der Waals surface area contributed by atoms with Gasteiger partial charge >= 0.3 is 0 Å². The van der Waals surface area contributed by atoms with Gasteiger partial charge in [-0.15, -0.1) is 0 Å². The fourth-order valence-corrected chi connectivity index (χ4v) is 6.65. The highest BCUT2D eigenvalue weighted by Gasteiger charge is 2.50. The molecule has 0 spiro atoms. The van der Waals surface area contributed by atoms with Gasteiger partial charge in [-0.05, 0) is 41.0 Å². The summed E-state index contributed by atoms with van der Waals surface area (Å²) in [6.45, 7) is 1.81. The standard InChI is InChI=1S/C21H20FN3O2S/c1-24-11-16(9-23-24)15-4-7-20-18(8-15)19-12-25(13-21(19)28(20,26)27)10-14-2-5-17(22)6-3-14/h2-9,11,19,21H,10,12-13H2,1H3/t19-,21+/m1/s1. The van der Waals surface area contributed by atoms with E-state index in [2.05, 4.69) is 10.00 Å². The zero-order valence-corrected chi connectivity index (χ0v) is 16.2. The van der Waals surface area contributed by atoms with Gasteiger partial charge in [-0.1, -0.05) is 18.2 Å². The summed E-state index contributed by atoms with van der Waals surface area (Å²) in [7, 11) is -1.47. The molecule has 7 heteroatoms. The van der Waals surface area contributed by atoms with Gasteiger partial charge in [0.15, 0.2) is 9.84 Å². The second-order valence-corrected chi connectivity index (χ2v) is 9.80. The molecule has 144 valence electrons. The van der Waals surface area contributed by atoms with Crippen LogP contribution in [0.4, 0.5) is 4.39 Å². The van der Waals surface area contributed by atoms with Crippen LogP contribution in [0.2, 0.25) is 0 Å². The van der Waals surface area contributed by atoms with Gasteiger partial charge in [0.25, 0.3) is 0 Å². The lowest BCUT2D eigenvalue weighted by atomic mass is 9.95. The Bertz CT molecular complexity index is 1150. The van der Waals surface area contributed by atoms with Crippen LogP contribution < -0.4 is 0 Å². The third-order valence-corrected chi connectivity index (χ3v) is 8.07. The van der Waals surface area contributed by atoms with Crippen molar-refractivity contribution in [2.45, 2.75) is 22.6 Å². The number of halogens is 1. The third kappa shape index (κ3) is 2.77. The summed E-state index contributed by atoms with van der Waals surface area (Å²) in [5.41, 5.74) is 3.86. The highest BCUT2D eigenvalue weighted by molar-refractivity contribution is 7.92. The first kappa shape index (κ1) is 17.6. The van der Waals surface area contributed by atoms with Crippen LogP contribution in [-0.2, 0) is 23.4 Å². The fourth-order valence-electron chi connectivity index (χ4n) is 4.45. The van der Waals surface area contributed by atoms with Crippen LogP contribution in [0.3, 0.4) is 0 Å². The summed E-state index contributed by atoms with van der Waals surface area (Å²) in [4.78, 5) is 2.62. The number of aromatic nitrogens is 2. The van der Waals surface area contributed by atoms with Crippen LogP contribution in [0.1, 0.15) is 17.0 Å². The molecule has 1 fully saturated rings. The van der Waals surface area contributed by atoms with Crippen LogP contribution in [-0.4, -0.2) is 41.4 Å². The Labute approximate surface area is 163 Å². The Hall–Kier alpha value is -2.51. The Morgan fingerprint density at radius 1 is 1.11 bits per heavy atom. The highest BCUT2D eigenvalue weighted by Crippen LogP contribution is 2.46. The minimum atomic E-state index is -3.33. The summed E-state index contributed by atoms with van der Waals surface area (Å²) >= 11 is 0. The number of aryl methyl sites for hydroxylation is 1. The maximum absolute atomic E-state index is 13.1. The maximum atomic E-state index is 13.1. The van der Waals surface area contributed by atoms with E-state index >= 15 is 0 Å². The molecule has 3 aromatic rings. The van der Waals surface area contributed by atoms with E-state index in [1.54, 1.807) is 29.1 Å². The van der Waals surface area contributed by atoms with Crippen LogP contribution in [0.25, 0.3) is 11.1 Å².